The second kappa shape index (κ2) is 4.94. The lowest BCUT2D eigenvalue weighted by molar-refractivity contribution is 0.425. The molecule has 0 saturated heterocycles. The zero-order valence-electron chi connectivity index (χ0n) is 9.77. The number of nitrogens with one attached hydrogen (secondary N) is 1. The summed E-state index contributed by atoms with van der Waals surface area (Å²) in [4.78, 5) is 6.69. The van der Waals surface area contributed by atoms with E-state index in [1.165, 1.54) is 5.39 Å². The second-order valence-electron chi connectivity index (χ2n) is 4.12. The van der Waals surface area contributed by atoms with E-state index in [-0.39, 0.29) is 0 Å². The van der Waals surface area contributed by atoms with Gasteiger partial charge in [-0.3, -0.25) is 0 Å². The van der Waals surface area contributed by atoms with E-state index in [0.717, 1.165) is 24.4 Å². The number of rotatable bonds is 4. The van der Waals surface area contributed by atoms with Crippen LogP contribution in [0.5, 0.6) is 0 Å². The first-order valence-electron chi connectivity index (χ1n) is 5.50. The van der Waals surface area contributed by atoms with Crippen molar-refractivity contribution in [2.45, 2.75) is 0 Å². The standard InChI is InChI=1S/C13H17N3/c1-16(2)10-9-14-13-8-7-11-5-3-4-6-12(11)15-13/h3-8H,9-10H2,1-2H3,(H,14,15). The lowest BCUT2D eigenvalue weighted by Gasteiger charge is -2.11. The number of aromatic nitrogens is 1. The summed E-state index contributed by atoms with van der Waals surface area (Å²) >= 11 is 0. The van der Waals surface area contributed by atoms with Crippen LogP contribution < -0.4 is 5.32 Å². The van der Waals surface area contributed by atoms with Gasteiger partial charge in [-0.05, 0) is 32.3 Å². The Labute approximate surface area is 96.1 Å². The van der Waals surface area contributed by atoms with E-state index in [1.54, 1.807) is 0 Å². The van der Waals surface area contributed by atoms with E-state index < -0.39 is 0 Å². The van der Waals surface area contributed by atoms with Gasteiger partial charge in [-0.15, -0.1) is 0 Å². The lowest BCUT2D eigenvalue weighted by atomic mass is 10.2. The Morgan fingerprint density at radius 3 is 2.75 bits per heavy atom. The van der Waals surface area contributed by atoms with Crippen LogP contribution in [0, 0.1) is 0 Å². The van der Waals surface area contributed by atoms with Crippen LogP contribution in [0.2, 0.25) is 0 Å². The zero-order valence-corrected chi connectivity index (χ0v) is 9.77. The minimum absolute atomic E-state index is 0.915. The normalized spacial score (nSPS) is 10.9. The Kier molecular flexibility index (Phi) is 3.37. The molecule has 1 heterocycles. The van der Waals surface area contributed by atoms with Crippen molar-refractivity contribution in [3.8, 4) is 0 Å². The molecule has 3 nitrogen and oxygen atoms in total. The summed E-state index contributed by atoms with van der Waals surface area (Å²) in [5.74, 6) is 0.945. The van der Waals surface area contributed by atoms with Gasteiger partial charge in [0.2, 0.25) is 0 Å². The Balaban J connectivity index is 2.08. The summed E-state index contributed by atoms with van der Waals surface area (Å²) in [6.07, 6.45) is 0. The van der Waals surface area contributed by atoms with Crippen LogP contribution in [0.25, 0.3) is 10.9 Å². The van der Waals surface area contributed by atoms with E-state index in [1.807, 2.05) is 24.3 Å². The molecule has 0 spiro atoms. The van der Waals surface area contributed by atoms with Crippen LogP contribution in [0.4, 0.5) is 5.82 Å². The third-order valence-corrected chi connectivity index (χ3v) is 2.46. The molecule has 16 heavy (non-hydrogen) atoms. The van der Waals surface area contributed by atoms with Crippen molar-refractivity contribution in [2.75, 3.05) is 32.5 Å². The number of hydrogen-bond acceptors (Lipinski definition) is 3. The molecule has 84 valence electrons. The van der Waals surface area contributed by atoms with Crippen LogP contribution in [0.15, 0.2) is 36.4 Å². The molecule has 0 bridgehead atoms. The molecular weight excluding hydrogens is 198 g/mol. The van der Waals surface area contributed by atoms with Gasteiger partial charge in [0.25, 0.3) is 0 Å². The average molecular weight is 215 g/mol. The molecule has 0 aliphatic carbocycles. The van der Waals surface area contributed by atoms with Crippen molar-refractivity contribution >= 4 is 16.7 Å². The molecule has 0 saturated carbocycles. The van der Waals surface area contributed by atoms with Gasteiger partial charge in [0.05, 0.1) is 5.52 Å². The molecule has 1 aromatic carbocycles. The lowest BCUT2D eigenvalue weighted by Crippen LogP contribution is -2.21. The molecular formula is C13H17N3. The maximum Gasteiger partial charge on any atom is 0.126 e. The number of pyridine rings is 1. The Morgan fingerprint density at radius 1 is 1.12 bits per heavy atom. The van der Waals surface area contributed by atoms with E-state index in [2.05, 4.69) is 41.4 Å². The number of hydrogen-bond donors (Lipinski definition) is 1. The molecule has 0 aliphatic rings. The molecule has 3 heteroatoms. The van der Waals surface area contributed by atoms with Crippen molar-refractivity contribution in [3.63, 3.8) is 0 Å². The van der Waals surface area contributed by atoms with Crippen LogP contribution >= 0.6 is 0 Å². The van der Waals surface area contributed by atoms with Crippen molar-refractivity contribution in [3.05, 3.63) is 36.4 Å². The van der Waals surface area contributed by atoms with Crippen molar-refractivity contribution in [1.29, 1.82) is 0 Å². The topological polar surface area (TPSA) is 28.2 Å². The number of anilines is 1. The van der Waals surface area contributed by atoms with Gasteiger partial charge in [-0.2, -0.15) is 0 Å². The van der Waals surface area contributed by atoms with Crippen molar-refractivity contribution in [1.82, 2.24) is 9.88 Å². The first kappa shape index (κ1) is 10.9. The third kappa shape index (κ3) is 2.70. The summed E-state index contributed by atoms with van der Waals surface area (Å²) in [5, 5.41) is 4.50. The number of benzene rings is 1. The molecule has 2 aromatic rings. The predicted molar refractivity (Wildman–Crippen MR) is 68.8 cm³/mol. The highest BCUT2D eigenvalue weighted by molar-refractivity contribution is 5.79. The number of para-hydroxylation sites is 1. The van der Waals surface area contributed by atoms with E-state index in [0.29, 0.717) is 0 Å². The van der Waals surface area contributed by atoms with E-state index >= 15 is 0 Å². The molecule has 0 atom stereocenters. The maximum atomic E-state index is 4.54. The zero-order chi connectivity index (χ0) is 11.4. The molecule has 0 fully saturated rings. The van der Waals surface area contributed by atoms with Crippen molar-refractivity contribution in [2.24, 2.45) is 0 Å². The van der Waals surface area contributed by atoms with E-state index in [4.69, 9.17) is 0 Å². The fourth-order valence-corrected chi connectivity index (χ4v) is 1.57. The summed E-state index contributed by atoms with van der Waals surface area (Å²) in [6.45, 7) is 1.92. The van der Waals surface area contributed by atoms with Gasteiger partial charge in [-0.1, -0.05) is 18.2 Å². The highest BCUT2D eigenvalue weighted by Gasteiger charge is 1.97. The molecule has 2 rings (SSSR count). The number of nitrogens with zero attached hydrogens (tertiary/aromatic N) is 2. The molecule has 0 radical (unpaired) electrons. The van der Waals surface area contributed by atoms with Crippen LogP contribution in [0.1, 0.15) is 0 Å². The maximum absolute atomic E-state index is 4.54. The highest BCUT2D eigenvalue weighted by Crippen LogP contribution is 2.14. The van der Waals surface area contributed by atoms with Crippen molar-refractivity contribution < 1.29 is 0 Å². The SMILES string of the molecule is CN(C)CCNc1ccc2ccccc2n1. The van der Waals surface area contributed by atoms with Gasteiger partial charge < -0.3 is 10.2 Å². The smallest absolute Gasteiger partial charge is 0.126 e. The monoisotopic (exact) mass is 215 g/mol. The second-order valence-corrected chi connectivity index (χ2v) is 4.12. The molecule has 0 amide bonds. The fraction of sp³-hybridized carbons (Fsp3) is 0.308. The Morgan fingerprint density at radius 2 is 1.94 bits per heavy atom. The summed E-state index contributed by atoms with van der Waals surface area (Å²) in [7, 11) is 4.13. The van der Waals surface area contributed by atoms with Gasteiger partial charge >= 0.3 is 0 Å². The molecule has 0 aliphatic heterocycles. The third-order valence-electron chi connectivity index (χ3n) is 2.46. The first-order chi connectivity index (χ1) is 7.75. The highest BCUT2D eigenvalue weighted by atomic mass is 15.1. The summed E-state index contributed by atoms with van der Waals surface area (Å²) in [5.41, 5.74) is 1.04. The molecule has 1 aromatic heterocycles. The summed E-state index contributed by atoms with van der Waals surface area (Å²) < 4.78 is 0. The minimum Gasteiger partial charge on any atom is -0.369 e. The minimum atomic E-state index is 0.915. The van der Waals surface area contributed by atoms with Gasteiger partial charge in [-0.25, -0.2) is 4.98 Å². The number of likely N-dealkylation sites (N-methyl/N-ethyl adjacent to an activating group) is 1. The largest absolute Gasteiger partial charge is 0.369 e. The van der Waals surface area contributed by atoms with Gasteiger partial charge in [0.15, 0.2) is 0 Å². The van der Waals surface area contributed by atoms with Crippen LogP contribution in [-0.2, 0) is 0 Å². The average Bonchev–Trinajstić information content (AvgIpc) is 2.28. The first-order valence-corrected chi connectivity index (χ1v) is 5.50. The Bertz CT molecular complexity index is 465. The number of fused-ring (bicyclic) bond motifs is 1. The predicted octanol–water partition coefficient (Wildman–Crippen LogP) is 2.21. The Hall–Kier alpha value is -1.61. The van der Waals surface area contributed by atoms with Gasteiger partial charge in [0.1, 0.15) is 5.82 Å². The molecule has 1 N–H and O–H groups in total. The fourth-order valence-electron chi connectivity index (χ4n) is 1.57. The van der Waals surface area contributed by atoms with Crippen LogP contribution in [-0.4, -0.2) is 37.1 Å². The van der Waals surface area contributed by atoms with Gasteiger partial charge in [0, 0.05) is 18.5 Å². The quantitative estimate of drug-likeness (QED) is 0.847. The van der Waals surface area contributed by atoms with Crippen LogP contribution in [0.3, 0.4) is 0 Å². The molecule has 0 unspecified atom stereocenters. The summed E-state index contributed by atoms with van der Waals surface area (Å²) in [6, 6.07) is 12.3. The van der Waals surface area contributed by atoms with E-state index in [9.17, 15) is 0 Å².